The third-order valence-corrected chi connectivity index (χ3v) is 6.56. The monoisotopic (exact) mass is 453 g/mol. The van der Waals surface area contributed by atoms with E-state index in [4.69, 9.17) is 19.0 Å². The summed E-state index contributed by atoms with van der Waals surface area (Å²) in [5, 5.41) is 0. The molecule has 5 nitrogen and oxygen atoms in total. The smallest absolute Gasteiger partial charge is 0.163 e. The fourth-order valence-electron chi connectivity index (χ4n) is 3.06. The van der Waals surface area contributed by atoms with Gasteiger partial charge in [0.2, 0.25) is 0 Å². The molecule has 3 atom stereocenters. The van der Waals surface area contributed by atoms with Gasteiger partial charge in [0.25, 0.3) is 0 Å². The van der Waals surface area contributed by atoms with Crippen molar-refractivity contribution in [3.8, 4) is 0 Å². The summed E-state index contributed by atoms with van der Waals surface area (Å²) in [5.74, 6) is -0.732. The topological polar surface area (TPSA) is 68.6 Å². The molecule has 0 radical (unpaired) electrons. The largest absolute Gasteiger partial charge is 0.374 e. The van der Waals surface area contributed by atoms with Gasteiger partial charge in [0.15, 0.2) is 5.79 Å². The van der Waals surface area contributed by atoms with Gasteiger partial charge in [-0.2, -0.15) is 0 Å². The van der Waals surface area contributed by atoms with Crippen molar-refractivity contribution in [3.63, 3.8) is 0 Å². The van der Waals surface area contributed by atoms with E-state index in [2.05, 4.69) is 15.9 Å². The van der Waals surface area contributed by atoms with Crippen LogP contribution >= 0.6 is 15.9 Å². The molecular weight excluding hydrogens is 430 g/mol. The van der Waals surface area contributed by atoms with Crippen LogP contribution < -0.4 is 0 Å². The predicted octanol–water partition coefficient (Wildman–Crippen LogP) is 4.59. The maximum atomic E-state index is 13.0. The molecule has 1 heterocycles. The average molecular weight is 454 g/mol. The second-order valence-electron chi connectivity index (χ2n) is 7.01. The quantitative estimate of drug-likeness (QED) is 0.665. The van der Waals surface area contributed by atoms with Crippen molar-refractivity contribution in [3.05, 3.63) is 64.6 Å². The first-order valence-electron chi connectivity index (χ1n) is 8.75. The first-order chi connectivity index (χ1) is 12.8. The van der Waals surface area contributed by atoms with Gasteiger partial charge < -0.3 is 14.2 Å². The van der Waals surface area contributed by atoms with Gasteiger partial charge in [-0.3, -0.25) is 0 Å². The van der Waals surface area contributed by atoms with Crippen LogP contribution in [0.4, 0.5) is 0 Å². The van der Waals surface area contributed by atoms with Gasteiger partial charge in [-0.15, -0.1) is 0 Å². The van der Waals surface area contributed by atoms with Crippen LogP contribution in [0.5, 0.6) is 0 Å². The molecule has 0 amide bonds. The van der Waals surface area contributed by atoms with E-state index in [0.717, 1.165) is 10.0 Å². The Morgan fingerprint density at radius 2 is 1.81 bits per heavy atom. The minimum Gasteiger partial charge on any atom is -0.374 e. The number of rotatable bonds is 7. The van der Waals surface area contributed by atoms with Crippen LogP contribution in [-0.2, 0) is 30.5 Å². The van der Waals surface area contributed by atoms with E-state index in [9.17, 15) is 4.21 Å². The van der Waals surface area contributed by atoms with E-state index in [1.807, 2.05) is 50.2 Å². The van der Waals surface area contributed by atoms with Crippen LogP contribution in [0.1, 0.15) is 19.4 Å². The zero-order valence-corrected chi connectivity index (χ0v) is 17.8. The van der Waals surface area contributed by atoms with Gasteiger partial charge in [-0.05, 0) is 37.6 Å². The van der Waals surface area contributed by atoms with Crippen molar-refractivity contribution in [1.82, 2.24) is 0 Å². The van der Waals surface area contributed by atoms with Gasteiger partial charge in [-0.25, -0.2) is 8.99 Å². The molecule has 0 aromatic heterocycles. The fraction of sp³-hybridized carbons (Fsp3) is 0.400. The zero-order valence-electron chi connectivity index (χ0n) is 15.4. The van der Waals surface area contributed by atoms with Crippen LogP contribution in [0.25, 0.3) is 0 Å². The third-order valence-electron chi connectivity index (χ3n) is 4.25. The Kier molecular flexibility index (Phi) is 6.38. The van der Waals surface area contributed by atoms with Crippen LogP contribution in [-0.4, -0.2) is 34.6 Å². The fourth-order valence-corrected chi connectivity index (χ4v) is 5.16. The van der Waals surface area contributed by atoms with Crippen LogP contribution in [0, 0.1) is 4.78 Å². The van der Waals surface area contributed by atoms with Crippen LogP contribution in [0.3, 0.4) is 0 Å². The molecule has 7 heteroatoms. The lowest BCUT2D eigenvalue weighted by Crippen LogP contribution is -2.33. The van der Waals surface area contributed by atoms with Crippen molar-refractivity contribution >= 4 is 25.7 Å². The average Bonchev–Trinajstić information content (AvgIpc) is 2.89. The molecule has 3 rings (SSSR count). The van der Waals surface area contributed by atoms with Gasteiger partial charge >= 0.3 is 0 Å². The number of nitrogens with one attached hydrogen (secondary N) is 1. The van der Waals surface area contributed by atoms with Gasteiger partial charge in [0.05, 0.1) is 28.7 Å². The summed E-state index contributed by atoms with van der Waals surface area (Å²) in [6.45, 7) is 4.43. The summed E-state index contributed by atoms with van der Waals surface area (Å²) in [6.07, 6.45) is -0.846. The third kappa shape index (κ3) is 5.62. The number of halogens is 1. The summed E-state index contributed by atoms with van der Waals surface area (Å²) >= 11 is 3.37. The molecule has 1 saturated heterocycles. The second-order valence-corrected chi connectivity index (χ2v) is 10.1. The molecule has 0 bridgehead atoms. The Hall–Kier alpha value is -1.25. The Morgan fingerprint density at radius 1 is 1.11 bits per heavy atom. The first kappa shape index (κ1) is 20.5. The van der Waals surface area contributed by atoms with Crippen molar-refractivity contribution in [2.75, 3.05) is 12.4 Å². The highest BCUT2D eigenvalue weighted by Crippen LogP contribution is 2.31. The number of hydrogen-bond acceptors (Lipinski definition) is 5. The molecule has 0 saturated carbocycles. The lowest BCUT2D eigenvalue weighted by Gasteiger charge is -2.18. The Balaban J connectivity index is 1.66. The Morgan fingerprint density at radius 3 is 2.52 bits per heavy atom. The first-order valence-corrected chi connectivity index (χ1v) is 11.3. The highest BCUT2D eigenvalue weighted by molar-refractivity contribution is 9.10. The lowest BCUT2D eigenvalue weighted by atomic mass is 10.2. The van der Waals surface area contributed by atoms with Crippen LogP contribution in [0.2, 0.25) is 0 Å². The number of ether oxygens (including phenoxy) is 3. The maximum absolute atomic E-state index is 13.0. The van der Waals surface area contributed by atoms with Gasteiger partial charge in [0, 0.05) is 9.37 Å². The summed E-state index contributed by atoms with van der Waals surface area (Å²) in [7, 11) is -3.02. The highest BCUT2D eigenvalue weighted by Gasteiger charge is 2.42. The van der Waals surface area contributed by atoms with E-state index < -0.39 is 21.6 Å². The minimum absolute atomic E-state index is 0.0618. The molecule has 1 N–H and O–H groups in total. The normalized spacial score (nSPS) is 23.8. The minimum atomic E-state index is -3.02. The second kappa shape index (κ2) is 8.41. The van der Waals surface area contributed by atoms with Crippen LogP contribution in [0.15, 0.2) is 64.0 Å². The Labute approximate surface area is 169 Å². The van der Waals surface area contributed by atoms with Crippen molar-refractivity contribution < 1.29 is 18.4 Å². The summed E-state index contributed by atoms with van der Waals surface area (Å²) < 4.78 is 39.9. The predicted molar refractivity (Wildman–Crippen MR) is 108 cm³/mol. The molecule has 1 aliphatic heterocycles. The van der Waals surface area contributed by atoms with Crippen molar-refractivity contribution in [2.24, 2.45) is 0 Å². The SMILES string of the molecule is CC1(C)O[C@@H](COCc2ccccc2)[C@H](CS(=N)(=O)c2cccc(Br)c2)O1. The van der Waals surface area contributed by atoms with E-state index >= 15 is 0 Å². The van der Waals surface area contributed by atoms with E-state index in [0.29, 0.717) is 18.1 Å². The van der Waals surface area contributed by atoms with E-state index in [1.54, 1.807) is 18.2 Å². The molecule has 1 unspecified atom stereocenters. The molecular formula is C20H24BrNO4S. The summed E-state index contributed by atoms with van der Waals surface area (Å²) in [6, 6.07) is 16.9. The molecule has 27 heavy (non-hydrogen) atoms. The molecule has 2 aromatic rings. The highest BCUT2D eigenvalue weighted by atomic mass is 79.9. The van der Waals surface area contributed by atoms with E-state index in [1.165, 1.54) is 0 Å². The van der Waals surface area contributed by atoms with E-state index in [-0.39, 0.29) is 11.9 Å². The maximum Gasteiger partial charge on any atom is 0.163 e. The van der Waals surface area contributed by atoms with Gasteiger partial charge in [-0.1, -0.05) is 52.3 Å². The van der Waals surface area contributed by atoms with Crippen molar-refractivity contribution in [2.45, 2.75) is 43.3 Å². The van der Waals surface area contributed by atoms with Crippen molar-refractivity contribution in [1.29, 1.82) is 4.78 Å². The molecule has 1 aliphatic rings. The van der Waals surface area contributed by atoms with Gasteiger partial charge in [0.1, 0.15) is 12.2 Å². The standard InChI is InChI=1S/C20H24BrNO4S/c1-20(2)25-18(13-24-12-15-7-4-3-5-8-15)19(26-20)14-27(22,23)17-10-6-9-16(21)11-17/h3-11,18-19,22H,12-14H2,1-2H3/t18-,19-,27?/m0/s1. The summed E-state index contributed by atoms with van der Waals surface area (Å²) in [5.41, 5.74) is 1.07. The summed E-state index contributed by atoms with van der Waals surface area (Å²) in [4.78, 5) is 0.481. The number of hydrogen-bond donors (Lipinski definition) is 1. The molecule has 0 spiro atoms. The zero-order chi connectivity index (χ0) is 19.5. The Bertz CT molecular complexity index is 871. The molecule has 2 aromatic carbocycles. The number of benzene rings is 2. The molecule has 0 aliphatic carbocycles. The lowest BCUT2D eigenvalue weighted by molar-refractivity contribution is -0.150. The molecule has 1 fully saturated rings. The molecule has 146 valence electrons.